The van der Waals surface area contributed by atoms with E-state index in [4.69, 9.17) is 5.11 Å². The number of sulfonamides is 1. The van der Waals surface area contributed by atoms with Crippen molar-refractivity contribution in [3.05, 3.63) is 28.2 Å². The molecule has 20 heavy (non-hydrogen) atoms. The summed E-state index contributed by atoms with van der Waals surface area (Å²) in [5, 5.41) is 18.1. The topological polar surface area (TPSA) is 94.9 Å². The lowest BCUT2D eigenvalue weighted by atomic mass is 10.2. The number of carbonyl (C=O) groups is 1. The second-order valence-electron chi connectivity index (χ2n) is 4.54. The highest BCUT2D eigenvalue weighted by atomic mass is 79.9. The van der Waals surface area contributed by atoms with Crippen LogP contribution in [0.3, 0.4) is 0 Å². The van der Waals surface area contributed by atoms with E-state index in [1.807, 2.05) is 0 Å². The molecule has 1 fully saturated rings. The number of hydrogen-bond donors (Lipinski definition) is 2. The summed E-state index contributed by atoms with van der Waals surface area (Å²) < 4.78 is 26.6. The molecule has 1 saturated heterocycles. The van der Waals surface area contributed by atoms with Gasteiger partial charge in [-0.05, 0) is 47.0 Å². The number of aliphatic hydroxyl groups excluding tert-OH is 1. The molecule has 0 spiro atoms. The summed E-state index contributed by atoms with van der Waals surface area (Å²) in [6.45, 7) is 0.144. The summed E-state index contributed by atoms with van der Waals surface area (Å²) in [5.41, 5.74) is 0.0101. The lowest BCUT2D eigenvalue weighted by Gasteiger charge is -2.23. The number of halogens is 1. The molecule has 0 aliphatic carbocycles. The average Bonchev–Trinajstić information content (AvgIpc) is 2.87. The van der Waals surface area contributed by atoms with Gasteiger partial charge in [0.05, 0.1) is 17.1 Å². The summed E-state index contributed by atoms with van der Waals surface area (Å²) in [6.07, 6.45) is 1.33. The summed E-state index contributed by atoms with van der Waals surface area (Å²) >= 11 is 3.11. The van der Waals surface area contributed by atoms with E-state index in [2.05, 4.69) is 15.9 Å². The minimum Gasteiger partial charge on any atom is -0.478 e. The van der Waals surface area contributed by atoms with Crippen LogP contribution in [-0.4, -0.2) is 48.1 Å². The summed E-state index contributed by atoms with van der Waals surface area (Å²) in [4.78, 5) is 10.9. The number of carboxylic acid groups (broad SMARTS) is 1. The van der Waals surface area contributed by atoms with Crippen LogP contribution in [0.25, 0.3) is 0 Å². The van der Waals surface area contributed by atoms with Crippen LogP contribution in [0.1, 0.15) is 23.2 Å². The Kier molecular flexibility index (Phi) is 4.48. The fourth-order valence-corrected chi connectivity index (χ4v) is 5.00. The van der Waals surface area contributed by atoms with Crippen LogP contribution < -0.4 is 0 Å². The molecule has 0 unspecified atom stereocenters. The Morgan fingerprint density at radius 3 is 2.70 bits per heavy atom. The Morgan fingerprint density at radius 1 is 1.45 bits per heavy atom. The first-order valence-electron chi connectivity index (χ1n) is 6.03. The molecule has 6 nitrogen and oxygen atoms in total. The Labute approximate surface area is 125 Å². The maximum absolute atomic E-state index is 12.5. The molecule has 0 amide bonds. The number of carboxylic acids is 1. The van der Waals surface area contributed by atoms with E-state index in [1.54, 1.807) is 0 Å². The molecular weight excluding hydrogens is 350 g/mol. The van der Waals surface area contributed by atoms with Crippen LogP contribution in [0, 0.1) is 0 Å². The van der Waals surface area contributed by atoms with Crippen LogP contribution in [0.4, 0.5) is 0 Å². The van der Waals surface area contributed by atoms with Crippen LogP contribution in [-0.2, 0) is 10.0 Å². The molecule has 2 N–H and O–H groups in total. The van der Waals surface area contributed by atoms with Crippen molar-refractivity contribution in [1.29, 1.82) is 0 Å². The normalized spacial score (nSPS) is 20.2. The fraction of sp³-hybridized carbons (Fsp3) is 0.417. The van der Waals surface area contributed by atoms with Crippen molar-refractivity contribution in [3.63, 3.8) is 0 Å². The summed E-state index contributed by atoms with van der Waals surface area (Å²) in [5.74, 6) is -1.12. The molecule has 1 atom stereocenters. The van der Waals surface area contributed by atoms with Crippen molar-refractivity contribution in [2.24, 2.45) is 0 Å². The van der Waals surface area contributed by atoms with E-state index >= 15 is 0 Å². The van der Waals surface area contributed by atoms with Gasteiger partial charge in [-0.1, -0.05) is 0 Å². The molecule has 1 aromatic carbocycles. The van der Waals surface area contributed by atoms with Crippen molar-refractivity contribution in [3.8, 4) is 0 Å². The zero-order valence-corrected chi connectivity index (χ0v) is 12.9. The molecule has 1 aromatic rings. The number of aromatic carboxylic acids is 1. The third kappa shape index (κ3) is 2.73. The van der Waals surface area contributed by atoms with Crippen molar-refractivity contribution >= 4 is 31.9 Å². The highest BCUT2D eigenvalue weighted by Gasteiger charge is 2.35. The van der Waals surface area contributed by atoms with Crippen LogP contribution in [0.15, 0.2) is 27.6 Å². The Bertz CT molecular complexity index is 631. The first-order valence-corrected chi connectivity index (χ1v) is 8.26. The lowest BCUT2D eigenvalue weighted by Crippen LogP contribution is -2.37. The number of nitrogens with zero attached hydrogens (tertiary/aromatic N) is 1. The largest absolute Gasteiger partial charge is 0.478 e. The molecule has 0 aromatic heterocycles. The van der Waals surface area contributed by atoms with E-state index < -0.39 is 22.0 Å². The zero-order valence-electron chi connectivity index (χ0n) is 10.5. The van der Waals surface area contributed by atoms with E-state index in [0.717, 1.165) is 0 Å². The smallest absolute Gasteiger partial charge is 0.335 e. The molecule has 0 bridgehead atoms. The van der Waals surface area contributed by atoms with Crippen LogP contribution in [0.2, 0.25) is 0 Å². The van der Waals surface area contributed by atoms with Gasteiger partial charge < -0.3 is 10.2 Å². The first kappa shape index (κ1) is 15.4. The summed E-state index contributed by atoms with van der Waals surface area (Å²) in [6, 6.07) is 3.38. The van der Waals surface area contributed by atoms with Gasteiger partial charge in [0, 0.05) is 17.1 Å². The second kappa shape index (κ2) is 5.80. The fourth-order valence-electron chi connectivity index (χ4n) is 2.28. The van der Waals surface area contributed by atoms with Gasteiger partial charge in [0.15, 0.2) is 0 Å². The van der Waals surface area contributed by atoms with Gasteiger partial charge in [0.1, 0.15) is 0 Å². The van der Waals surface area contributed by atoms with E-state index in [0.29, 0.717) is 19.4 Å². The second-order valence-corrected chi connectivity index (χ2v) is 7.26. The molecule has 110 valence electrons. The summed E-state index contributed by atoms with van der Waals surface area (Å²) in [7, 11) is -3.74. The molecule has 2 rings (SSSR count). The monoisotopic (exact) mass is 363 g/mol. The quantitative estimate of drug-likeness (QED) is 0.840. The van der Waals surface area contributed by atoms with E-state index in [-0.39, 0.29) is 21.5 Å². The number of benzene rings is 1. The Balaban J connectivity index is 2.42. The number of aliphatic hydroxyl groups is 1. The molecule has 1 aliphatic rings. The SMILES string of the molecule is O=C(O)c1ccc(S(=O)(=O)N2CCC[C@H]2CO)c(Br)c1. The highest BCUT2D eigenvalue weighted by Crippen LogP contribution is 2.30. The third-order valence-electron chi connectivity index (χ3n) is 3.30. The van der Waals surface area contributed by atoms with E-state index in [9.17, 15) is 18.3 Å². The lowest BCUT2D eigenvalue weighted by molar-refractivity contribution is 0.0696. The van der Waals surface area contributed by atoms with Gasteiger partial charge >= 0.3 is 5.97 Å². The van der Waals surface area contributed by atoms with E-state index in [1.165, 1.54) is 22.5 Å². The van der Waals surface area contributed by atoms with Gasteiger partial charge in [-0.3, -0.25) is 0 Å². The van der Waals surface area contributed by atoms with Gasteiger partial charge in [0.25, 0.3) is 0 Å². The van der Waals surface area contributed by atoms with Crippen molar-refractivity contribution in [2.45, 2.75) is 23.8 Å². The molecule has 0 radical (unpaired) electrons. The molecular formula is C12H14BrNO5S. The maximum Gasteiger partial charge on any atom is 0.335 e. The zero-order chi connectivity index (χ0) is 14.9. The van der Waals surface area contributed by atoms with Crippen molar-refractivity contribution in [2.75, 3.05) is 13.2 Å². The molecule has 0 saturated carbocycles. The average molecular weight is 364 g/mol. The third-order valence-corrected chi connectivity index (χ3v) is 6.23. The van der Waals surface area contributed by atoms with Crippen LogP contribution in [0.5, 0.6) is 0 Å². The predicted molar refractivity (Wildman–Crippen MR) is 75.1 cm³/mol. The highest BCUT2D eigenvalue weighted by molar-refractivity contribution is 9.10. The van der Waals surface area contributed by atoms with Gasteiger partial charge in [0.2, 0.25) is 10.0 Å². The number of hydrogen-bond acceptors (Lipinski definition) is 4. The number of rotatable bonds is 4. The Morgan fingerprint density at radius 2 is 2.15 bits per heavy atom. The van der Waals surface area contributed by atoms with Crippen molar-refractivity contribution in [1.82, 2.24) is 4.31 Å². The molecule has 8 heteroatoms. The Hall–Kier alpha value is -0.960. The predicted octanol–water partition coefficient (Wildman–Crippen LogP) is 1.29. The minimum atomic E-state index is -3.74. The van der Waals surface area contributed by atoms with Gasteiger partial charge in [-0.15, -0.1) is 0 Å². The molecule has 1 aliphatic heterocycles. The molecule has 1 heterocycles. The van der Waals surface area contributed by atoms with Gasteiger partial charge in [-0.2, -0.15) is 4.31 Å². The van der Waals surface area contributed by atoms with Gasteiger partial charge in [-0.25, -0.2) is 13.2 Å². The standard InChI is InChI=1S/C12H14BrNO5S/c13-10-6-8(12(16)17)3-4-11(10)20(18,19)14-5-1-2-9(14)7-15/h3-4,6,9,15H,1-2,5,7H2,(H,16,17)/t9-/m0/s1. The maximum atomic E-state index is 12.5. The minimum absolute atomic E-state index is 0.0101. The first-order chi connectivity index (χ1) is 9.37. The van der Waals surface area contributed by atoms with Crippen molar-refractivity contribution < 1.29 is 23.4 Å². The van der Waals surface area contributed by atoms with Crippen LogP contribution >= 0.6 is 15.9 Å².